The maximum atomic E-state index is 12.2. The molecule has 0 aliphatic heterocycles. The largest absolute Gasteiger partial charge is 0.368 e. The highest BCUT2D eigenvalue weighted by Crippen LogP contribution is 2.44. The van der Waals surface area contributed by atoms with Crippen LogP contribution < -0.4 is 11.1 Å². The van der Waals surface area contributed by atoms with Crippen LogP contribution in [0.1, 0.15) is 35.3 Å². The van der Waals surface area contributed by atoms with Crippen molar-refractivity contribution in [2.24, 2.45) is 0 Å². The molecule has 1 aliphatic rings. The highest BCUT2D eigenvalue weighted by molar-refractivity contribution is 6.08. The van der Waals surface area contributed by atoms with Crippen LogP contribution in [-0.2, 0) is 5.41 Å². The Morgan fingerprint density at radius 2 is 1.81 bits per heavy atom. The number of hydrogen-bond donors (Lipinski definition) is 4. The number of hydrogen-bond acceptors (Lipinski definition) is 6. The second-order valence-corrected chi connectivity index (χ2v) is 6.63. The van der Waals surface area contributed by atoms with E-state index in [9.17, 15) is 4.79 Å². The van der Waals surface area contributed by atoms with Gasteiger partial charge in [-0.3, -0.25) is 15.3 Å². The lowest BCUT2D eigenvalue weighted by molar-refractivity contribution is 0.0967. The van der Waals surface area contributed by atoms with Gasteiger partial charge in [0.1, 0.15) is 11.5 Å². The van der Waals surface area contributed by atoms with Gasteiger partial charge in [-0.05, 0) is 30.0 Å². The number of nitrogens with one attached hydrogen (secondary N) is 3. The van der Waals surface area contributed by atoms with E-state index in [-0.39, 0.29) is 23.4 Å². The smallest absolute Gasteiger partial charge is 0.277 e. The van der Waals surface area contributed by atoms with E-state index in [4.69, 9.17) is 11.1 Å². The molecule has 1 aromatic carbocycles. The van der Waals surface area contributed by atoms with Crippen LogP contribution in [0.4, 0.5) is 5.95 Å². The zero-order valence-electron chi connectivity index (χ0n) is 14.6. The molecule has 27 heavy (non-hydrogen) atoms. The standard InChI is InChI=1S/C19H19N7O/c20-17(25-16(27)15-6-9-24-26-15)19(7-1-8-19)14-4-2-12(3-5-14)13-10-22-18(21)23-11-13/h2-6,9-11H,1,7-8H2,(H,24,26)(H2,20,25,27)(H2,21,22,23). The van der Waals surface area contributed by atoms with E-state index in [1.807, 2.05) is 24.3 Å². The first-order valence-corrected chi connectivity index (χ1v) is 8.67. The predicted octanol–water partition coefficient (Wildman–Crippen LogP) is 2.28. The minimum atomic E-state index is -0.456. The van der Waals surface area contributed by atoms with Gasteiger partial charge in [-0.1, -0.05) is 30.7 Å². The molecule has 0 bridgehead atoms. The van der Waals surface area contributed by atoms with Crippen LogP contribution in [0.15, 0.2) is 48.9 Å². The molecule has 0 radical (unpaired) electrons. The molecule has 2 heterocycles. The highest BCUT2D eigenvalue weighted by Gasteiger charge is 2.43. The zero-order valence-corrected chi connectivity index (χ0v) is 14.6. The minimum absolute atomic E-state index is 0.213. The number of nitrogens with two attached hydrogens (primary N) is 1. The topological polar surface area (TPSA) is 133 Å². The molecule has 0 unspecified atom stereocenters. The van der Waals surface area contributed by atoms with Crippen molar-refractivity contribution in [3.8, 4) is 11.1 Å². The molecule has 136 valence electrons. The fourth-order valence-electron chi connectivity index (χ4n) is 3.37. The summed E-state index contributed by atoms with van der Waals surface area (Å²) in [6.45, 7) is 0. The van der Waals surface area contributed by atoms with E-state index < -0.39 is 5.41 Å². The van der Waals surface area contributed by atoms with Crippen molar-refractivity contribution >= 4 is 17.7 Å². The van der Waals surface area contributed by atoms with Gasteiger partial charge in [0.05, 0.1) is 5.41 Å². The van der Waals surface area contributed by atoms with Crippen molar-refractivity contribution in [2.45, 2.75) is 24.7 Å². The maximum absolute atomic E-state index is 12.2. The number of amides is 1. The number of carbonyl (C=O) groups is 1. The lowest BCUT2D eigenvalue weighted by atomic mass is 9.63. The Labute approximate surface area is 155 Å². The predicted molar refractivity (Wildman–Crippen MR) is 101 cm³/mol. The van der Waals surface area contributed by atoms with E-state index in [0.717, 1.165) is 36.0 Å². The molecule has 0 spiro atoms. The Hall–Kier alpha value is -3.55. The number of benzene rings is 1. The number of aromatic amines is 1. The minimum Gasteiger partial charge on any atom is -0.368 e. The number of aromatic nitrogens is 4. The third-order valence-corrected chi connectivity index (χ3v) is 5.10. The number of amidine groups is 1. The maximum Gasteiger partial charge on any atom is 0.277 e. The fraction of sp³-hybridized carbons (Fsp3) is 0.211. The average Bonchev–Trinajstić information content (AvgIpc) is 3.17. The molecule has 2 aromatic heterocycles. The van der Waals surface area contributed by atoms with Crippen LogP contribution in [-0.4, -0.2) is 31.9 Å². The number of carbonyl (C=O) groups excluding carboxylic acids is 1. The van der Waals surface area contributed by atoms with Gasteiger partial charge in [-0.2, -0.15) is 5.10 Å². The van der Waals surface area contributed by atoms with Gasteiger partial charge in [0.15, 0.2) is 0 Å². The molecule has 0 saturated heterocycles. The van der Waals surface area contributed by atoms with Crippen molar-refractivity contribution in [2.75, 3.05) is 5.73 Å². The molecule has 8 heteroatoms. The fourth-order valence-corrected chi connectivity index (χ4v) is 3.37. The van der Waals surface area contributed by atoms with Gasteiger partial charge in [-0.15, -0.1) is 0 Å². The normalized spacial score (nSPS) is 15.0. The van der Waals surface area contributed by atoms with Gasteiger partial charge in [0.25, 0.3) is 5.91 Å². The first-order chi connectivity index (χ1) is 13.1. The van der Waals surface area contributed by atoms with E-state index in [1.54, 1.807) is 24.7 Å². The van der Waals surface area contributed by atoms with Crippen LogP contribution in [0.5, 0.6) is 0 Å². The molecule has 1 aliphatic carbocycles. The number of rotatable bonds is 4. The van der Waals surface area contributed by atoms with Crippen LogP contribution in [0.2, 0.25) is 0 Å². The monoisotopic (exact) mass is 361 g/mol. The SMILES string of the molecule is N=C(NC(=O)c1cc[nH]n1)C1(c2ccc(-c3cnc(N)nc3)cc2)CCC1. The van der Waals surface area contributed by atoms with Crippen LogP contribution in [0.25, 0.3) is 11.1 Å². The Balaban J connectivity index is 1.55. The molecule has 1 amide bonds. The summed E-state index contributed by atoms with van der Waals surface area (Å²) in [6, 6.07) is 9.54. The summed E-state index contributed by atoms with van der Waals surface area (Å²) in [5.41, 5.74) is 8.21. The van der Waals surface area contributed by atoms with Crippen LogP contribution in [0, 0.1) is 5.41 Å². The summed E-state index contributed by atoms with van der Waals surface area (Å²) >= 11 is 0. The highest BCUT2D eigenvalue weighted by atomic mass is 16.2. The summed E-state index contributed by atoms with van der Waals surface area (Å²) in [4.78, 5) is 20.3. The van der Waals surface area contributed by atoms with Gasteiger partial charge in [0, 0.05) is 24.2 Å². The van der Waals surface area contributed by atoms with Crippen LogP contribution >= 0.6 is 0 Å². The second-order valence-electron chi connectivity index (χ2n) is 6.63. The Morgan fingerprint density at radius 1 is 1.11 bits per heavy atom. The Kier molecular flexibility index (Phi) is 4.15. The quantitative estimate of drug-likeness (QED) is 0.418. The van der Waals surface area contributed by atoms with Gasteiger partial charge in [-0.25, -0.2) is 9.97 Å². The summed E-state index contributed by atoms with van der Waals surface area (Å²) in [6.07, 6.45) is 7.63. The number of anilines is 1. The number of nitrogens with zero attached hydrogens (tertiary/aromatic N) is 3. The zero-order chi connectivity index (χ0) is 18.9. The van der Waals surface area contributed by atoms with Crippen molar-refractivity contribution in [1.29, 1.82) is 5.41 Å². The third kappa shape index (κ3) is 3.05. The Morgan fingerprint density at radius 3 is 2.37 bits per heavy atom. The molecular weight excluding hydrogens is 342 g/mol. The molecule has 4 rings (SSSR count). The molecule has 1 saturated carbocycles. The van der Waals surface area contributed by atoms with Crippen molar-refractivity contribution in [1.82, 2.24) is 25.5 Å². The van der Waals surface area contributed by atoms with Crippen molar-refractivity contribution < 1.29 is 4.79 Å². The summed E-state index contributed by atoms with van der Waals surface area (Å²) < 4.78 is 0. The second kappa shape index (κ2) is 6.64. The summed E-state index contributed by atoms with van der Waals surface area (Å²) in [5, 5.41) is 17.7. The van der Waals surface area contributed by atoms with E-state index in [1.165, 1.54) is 0 Å². The average molecular weight is 361 g/mol. The first-order valence-electron chi connectivity index (χ1n) is 8.67. The van der Waals surface area contributed by atoms with Gasteiger partial charge in [0.2, 0.25) is 5.95 Å². The molecule has 1 fully saturated rings. The lowest BCUT2D eigenvalue weighted by Crippen LogP contribution is -2.50. The van der Waals surface area contributed by atoms with Gasteiger partial charge < -0.3 is 11.1 Å². The van der Waals surface area contributed by atoms with Gasteiger partial charge >= 0.3 is 0 Å². The van der Waals surface area contributed by atoms with Crippen molar-refractivity contribution in [3.05, 3.63) is 60.2 Å². The summed E-state index contributed by atoms with van der Waals surface area (Å²) in [7, 11) is 0. The van der Waals surface area contributed by atoms with Crippen LogP contribution in [0.3, 0.4) is 0 Å². The van der Waals surface area contributed by atoms with E-state index in [2.05, 4.69) is 25.5 Å². The summed E-state index contributed by atoms with van der Waals surface area (Å²) in [5.74, 6) is 0.0818. The lowest BCUT2D eigenvalue weighted by Gasteiger charge is -2.42. The molecule has 5 N–H and O–H groups in total. The van der Waals surface area contributed by atoms with E-state index >= 15 is 0 Å². The molecular formula is C19H19N7O. The van der Waals surface area contributed by atoms with Crippen molar-refractivity contribution in [3.63, 3.8) is 0 Å². The Bertz CT molecular complexity index is 958. The molecule has 8 nitrogen and oxygen atoms in total. The van der Waals surface area contributed by atoms with E-state index in [0.29, 0.717) is 0 Å². The molecule has 0 atom stereocenters. The number of H-pyrrole nitrogens is 1. The molecule has 3 aromatic rings. The number of nitrogen functional groups attached to an aromatic ring is 1. The first kappa shape index (κ1) is 16.9. The third-order valence-electron chi connectivity index (χ3n) is 5.10.